The lowest BCUT2D eigenvalue weighted by Gasteiger charge is -2.16. The van der Waals surface area contributed by atoms with Crippen LogP contribution in [0.4, 0.5) is 0 Å². The molecule has 0 aliphatic rings. The minimum absolute atomic E-state index is 0.272. The lowest BCUT2D eigenvalue weighted by Crippen LogP contribution is -2.30. The first kappa shape index (κ1) is 20.0. The molecule has 0 bridgehead atoms. The second-order valence-electron chi connectivity index (χ2n) is 5.79. The number of hydrogen-bond donors (Lipinski definition) is 0. The van der Waals surface area contributed by atoms with E-state index in [-0.39, 0.29) is 12.5 Å². The number of methoxy groups -OCH3 is 2. The predicted molar refractivity (Wildman–Crippen MR) is 102 cm³/mol. The maximum Gasteiger partial charge on any atom is 0.331 e. The third-order valence-corrected chi connectivity index (χ3v) is 3.85. The van der Waals surface area contributed by atoms with Crippen LogP contribution >= 0.6 is 0 Å². The molecule has 0 aromatic heterocycles. The van der Waals surface area contributed by atoms with Crippen molar-refractivity contribution in [1.29, 1.82) is 0 Å². The first-order chi connectivity index (χ1) is 13.0. The van der Waals surface area contributed by atoms with E-state index in [1.165, 1.54) is 18.1 Å². The molecule has 0 unspecified atom stereocenters. The van der Waals surface area contributed by atoms with Crippen molar-refractivity contribution in [3.05, 3.63) is 65.7 Å². The third kappa shape index (κ3) is 6.18. The number of hydrogen-bond acceptors (Lipinski definition) is 5. The molecule has 0 saturated heterocycles. The molecule has 0 spiro atoms. The van der Waals surface area contributed by atoms with Gasteiger partial charge < -0.3 is 19.1 Å². The second kappa shape index (κ2) is 10.0. The minimum Gasteiger partial charge on any atom is -0.493 e. The number of rotatable bonds is 8. The zero-order valence-electron chi connectivity index (χ0n) is 15.7. The summed E-state index contributed by atoms with van der Waals surface area (Å²) in [6.07, 6.45) is 2.86. The summed E-state index contributed by atoms with van der Waals surface area (Å²) in [5.41, 5.74) is 1.75. The fourth-order valence-electron chi connectivity index (χ4n) is 2.36. The Bertz CT molecular complexity index is 801. The van der Waals surface area contributed by atoms with Gasteiger partial charge in [0.05, 0.1) is 14.2 Å². The van der Waals surface area contributed by atoms with Crippen molar-refractivity contribution in [2.75, 3.05) is 27.9 Å². The highest BCUT2D eigenvalue weighted by Gasteiger charge is 2.11. The number of nitrogens with zero attached hydrogens (tertiary/aromatic N) is 1. The van der Waals surface area contributed by atoms with E-state index in [1.807, 2.05) is 30.3 Å². The van der Waals surface area contributed by atoms with Gasteiger partial charge in [-0.3, -0.25) is 4.79 Å². The largest absolute Gasteiger partial charge is 0.493 e. The molecule has 0 fully saturated rings. The van der Waals surface area contributed by atoms with Crippen molar-refractivity contribution in [2.24, 2.45) is 0 Å². The Labute approximate surface area is 159 Å². The maximum atomic E-state index is 12.1. The Morgan fingerprint density at radius 3 is 2.37 bits per heavy atom. The fourth-order valence-corrected chi connectivity index (χ4v) is 2.36. The van der Waals surface area contributed by atoms with Crippen molar-refractivity contribution in [1.82, 2.24) is 4.90 Å². The number of carbonyl (C=O) groups excluding carboxylic acids is 2. The number of esters is 1. The first-order valence-corrected chi connectivity index (χ1v) is 8.38. The van der Waals surface area contributed by atoms with E-state index in [4.69, 9.17) is 14.2 Å². The van der Waals surface area contributed by atoms with Crippen LogP contribution in [0.15, 0.2) is 54.6 Å². The van der Waals surface area contributed by atoms with E-state index in [0.717, 1.165) is 11.1 Å². The van der Waals surface area contributed by atoms with Crippen LogP contribution in [0.25, 0.3) is 6.08 Å². The highest BCUT2D eigenvalue weighted by molar-refractivity contribution is 5.89. The molecule has 6 heteroatoms. The summed E-state index contributed by atoms with van der Waals surface area (Å²) in [7, 11) is 4.76. The molecule has 0 aliphatic heterocycles. The Morgan fingerprint density at radius 1 is 1.00 bits per heavy atom. The number of carbonyl (C=O) groups is 2. The molecule has 0 radical (unpaired) electrons. The molecule has 0 heterocycles. The van der Waals surface area contributed by atoms with Crippen LogP contribution in [-0.4, -0.2) is 44.7 Å². The lowest BCUT2D eigenvalue weighted by atomic mass is 10.2. The van der Waals surface area contributed by atoms with E-state index < -0.39 is 5.97 Å². The van der Waals surface area contributed by atoms with Gasteiger partial charge in [-0.15, -0.1) is 0 Å². The van der Waals surface area contributed by atoms with Crippen LogP contribution in [0.3, 0.4) is 0 Å². The Hall–Kier alpha value is -3.28. The van der Waals surface area contributed by atoms with Crippen LogP contribution in [-0.2, 0) is 20.9 Å². The molecule has 0 atom stereocenters. The average Bonchev–Trinajstić information content (AvgIpc) is 2.70. The Kier molecular flexibility index (Phi) is 7.43. The molecular weight excluding hydrogens is 346 g/mol. The first-order valence-electron chi connectivity index (χ1n) is 8.38. The molecule has 0 aliphatic carbocycles. The molecule has 0 saturated carbocycles. The monoisotopic (exact) mass is 369 g/mol. The smallest absolute Gasteiger partial charge is 0.331 e. The summed E-state index contributed by atoms with van der Waals surface area (Å²) in [6, 6.07) is 14.9. The maximum absolute atomic E-state index is 12.1. The normalized spacial score (nSPS) is 10.5. The second-order valence-corrected chi connectivity index (χ2v) is 5.79. The zero-order valence-corrected chi connectivity index (χ0v) is 15.7. The van der Waals surface area contributed by atoms with Gasteiger partial charge in [-0.25, -0.2) is 4.79 Å². The fraction of sp³-hybridized carbons (Fsp3) is 0.238. The summed E-state index contributed by atoms with van der Waals surface area (Å²) in [5, 5.41) is 0. The van der Waals surface area contributed by atoms with Gasteiger partial charge in [-0.2, -0.15) is 0 Å². The van der Waals surface area contributed by atoms with Crippen molar-refractivity contribution < 1.29 is 23.8 Å². The topological polar surface area (TPSA) is 65.1 Å². The summed E-state index contributed by atoms with van der Waals surface area (Å²) < 4.78 is 15.4. The average molecular weight is 369 g/mol. The lowest BCUT2D eigenvalue weighted by molar-refractivity contribution is -0.147. The quantitative estimate of drug-likeness (QED) is 0.529. The molecule has 2 rings (SSSR count). The van der Waals surface area contributed by atoms with E-state index in [0.29, 0.717) is 18.0 Å². The van der Waals surface area contributed by atoms with Gasteiger partial charge >= 0.3 is 5.97 Å². The van der Waals surface area contributed by atoms with Gasteiger partial charge in [0, 0.05) is 19.7 Å². The minimum atomic E-state index is -0.591. The predicted octanol–water partition coefficient (Wildman–Crippen LogP) is 2.92. The molecule has 2 aromatic rings. The highest BCUT2D eigenvalue weighted by atomic mass is 16.5. The molecule has 2 aromatic carbocycles. The molecule has 6 nitrogen and oxygen atoms in total. The number of likely N-dealkylation sites (N-methyl/N-ethyl adjacent to an activating group) is 1. The number of amides is 1. The van der Waals surface area contributed by atoms with Crippen molar-refractivity contribution >= 4 is 18.0 Å². The van der Waals surface area contributed by atoms with Crippen molar-refractivity contribution in [3.8, 4) is 11.5 Å². The van der Waals surface area contributed by atoms with Gasteiger partial charge in [0.1, 0.15) is 0 Å². The molecule has 142 valence electrons. The molecule has 27 heavy (non-hydrogen) atoms. The molecule has 0 N–H and O–H groups in total. The van der Waals surface area contributed by atoms with Gasteiger partial charge in [0.15, 0.2) is 18.1 Å². The summed E-state index contributed by atoms with van der Waals surface area (Å²) in [5.74, 6) is 0.299. The number of benzene rings is 2. The van der Waals surface area contributed by atoms with Gasteiger partial charge in [0.2, 0.25) is 0 Å². The van der Waals surface area contributed by atoms with Gasteiger partial charge in [-0.05, 0) is 29.3 Å². The van der Waals surface area contributed by atoms with Crippen LogP contribution in [0.2, 0.25) is 0 Å². The van der Waals surface area contributed by atoms with E-state index in [2.05, 4.69) is 0 Å². The van der Waals surface area contributed by atoms with E-state index >= 15 is 0 Å². The van der Waals surface area contributed by atoms with Crippen molar-refractivity contribution in [3.63, 3.8) is 0 Å². The van der Waals surface area contributed by atoms with Crippen LogP contribution < -0.4 is 9.47 Å². The van der Waals surface area contributed by atoms with Crippen molar-refractivity contribution in [2.45, 2.75) is 6.54 Å². The summed E-state index contributed by atoms with van der Waals surface area (Å²) in [6.45, 7) is 0.150. The summed E-state index contributed by atoms with van der Waals surface area (Å²) >= 11 is 0. The SMILES string of the molecule is COc1ccc(C=CC(=O)OCC(=O)N(C)Cc2ccccc2)cc1OC. The summed E-state index contributed by atoms with van der Waals surface area (Å²) in [4.78, 5) is 25.4. The third-order valence-electron chi connectivity index (χ3n) is 3.85. The van der Waals surface area contributed by atoms with Crippen LogP contribution in [0.5, 0.6) is 11.5 Å². The molecular formula is C21H23NO5. The Morgan fingerprint density at radius 2 is 1.70 bits per heavy atom. The van der Waals surface area contributed by atoms with Gasteiger partial charge in [0.25, 0.3) is 5.91 Å². The van der Waals surface area contributed by atoms with Gasteiger partial charge in [-0.1, -0.05) is 36.4 Å². The standard InChI is InChI=1S/C21H23NO5/c1-22(14-17-7-5-4-6-8-17)20(23)15-27-21(24)12-10-16-9-11-18(25-2)19(13-16)26-3/h4-13H,14-15H2,1-3H3. The van der Waals surface area contributed by atoms with E-state index in [9.17, 15) is 9.59 Å². The van der Waals surface area contributed by atoms with E-state index in [1.54, 1.807) is 38.4 Å². The zero-order chi connectivity index (χ0) is 19.6. The number of ether oxygens (including phenoxy) is 3. The van der Waals surface area contributed by atoms with Crippen LogP contribution in [0.1, 0.15) is 11.1 Å². The highest BCUT2D eigenvalue weighted by Crippen LogP contribution is 2.27. The van der Waals surface area contributed by atoms with Crippen LogP contribution in [0, 0.1) is 0 Å². The molecule has 1 amide bonds. The Balaban J connectivity index is 1.84.